The van der Waals surface area contributed by atoms with Crippen LogP contribution >= 0.6 is 12.4 Å². The molecule has 1 unspecified atom stereocenters. The highest BCUT2D eigenvalue weighted by atomic mass is 35.5. The Morgan fingerprint density at radius 2 is 2.11 bits per heavy atom. The van der Waals surface area contributed by atoms with Crippen molar-refractivity contribution in [3.8, 4) is 0 Å². The zero-order chi connectivity index (χ0) is 17.9. The lowest BCUT2D eigenvalue weighted by Gasteiger charge is -2.22. The van der Waals surface area contributed by atoms with Crippen LogP contribution in [0.4, 0.5) is 11.4 Å². The Bertz CT molecular complexity index is 829. The number of carbonyl (C=O) groups excluding carboxylic acids is 2. The van der Waals surface area contributed by atoms with Gasteiger partial charge in [0.15, 0.2) is 5.69 Å². The monoisotopic (exact) mass is 389 g/mol. The SMILES string of the molecule is Cl.O=C1CCCc2cc(NC(=O)c3ccn(C4CCCNC4)n3)ccc2N1. The van der Waals surface area contributed by atoms with Gasteiger partial charge >= 0.3 is 0 Å². The van der Waals surface area contributed by atoms with Crippen molar-refractivity contribution in [2.45, 2.75) is 38.1 Å². The molecule has 1 aromatic heterocycles. The van der Waals surface area contributed by atoms with Gasteiger partial charge in [-0.15, -0.1) is 12.4 Å². The summed E-state index contributed by atoms with van der Waals surface area (Å²) in [5.41, 5.74) is 3.02. The molecule has 7 nitrogen and oxygen atoms in total. The number of rotatable bonds is 3. The van der Waals surface area contributed by atoms with Crippen LogP contribution in [-0.2, 0) is 11.2 Å². The van der Waals surface area contributed by atoms with Gasteiger partial charge in [0.05, 0.1) is 6.04 Å². The van der Waals surface area contributed by atoms with E-state index in [4.69, 9.17) is 0 Å². The molecule has 1 fully saturated rings. The minimum absolute atomic E-state index is 0. The maximum atomic E-state index is 12.5. The quantitative estimate of drug-likeness (QED) is 0.753. The van der Waals surface area contributed by atoms with Crippen LogP contribution in [0.3, 0.4) is 0 Å². The molecule has 2 aliphatic heterocycles. The Hall–Kier alpha value is -2.38. The summed E-state index contributed by atoms with van der Waals surface area (Å²) in [6.07, 6.45) is 6.24. The van der Waals surface area contributed by atoms with Crippen LogP contribution in [0.2, 0.25) is 0 Å². The second-order valence-electron chi connectivity index (χ2n) is 6.91. The number of amides is 2. The molecule has 0 spiro atoms. The second kappa shape index (κ2) is 8.54. The molecular formula is C19H24ClN5O2. The van der Waals surface area contributed by atoms with Crippen LogP contribution in [0, 0.1) is 0 Å². The molecular weight excluding hydrogens is 366 g/mol. The Balaban J connectivity index is 0.00000210. The Morgan fingerprint density at radius 1 is 1.22 bits per heavy atom. The largest absolute Gasteiger partial charge is 0.326 e. The van der Waals surface area contributed by atoms with Gasteiger partial charge in [-0.2, -0.15) is 5.10 Å². The Labute approximate surface area is 164 Å². The van der Waals surface area contributed by atoms with E-state index in [-0.39, 0.29) is 24.2 Å². The van der Waals surface area contributed by atoms with Gasteiger partial charge in [0.2, 0.25) is 5.91 Å². The Kier molecular flexibility index (Phi) is 6.13. The lowest BCUT2D eigenvalue weighted by Crippen LogP contribution is -2.32. The molecule has 2 amide bonds. The molecule has 144 valence electrons. The van der Waals surface area contributed by atoms with Gasteiger partial charge < -0.3 is 16.0 Å². The van der Waals surface area contributed by atoms with Crippen molar-refractivity contribution in [2.24, 2.45) is 0 Å². The molecule has 3 heterocycles. The highest BCUT2D eigenvalue weighted by Crippen LogP contribution is 2.25. The fourth-order valence-corrected chi connectivity index (χ4v) is 3.57. The maximum absolute atomic E-state index is 12.5. The van der Waals surface area contributed by atoms with Crippen molar-refractivity contribution in [1.29, 1.82) is 0 Å². The maximum Gasteiger partial charge on any atom is 0.276 e. The molecule has 1 saturated heterocycles. The van der Waals surface area contributed by atoms with Crippen LogP contribution in [-0.4, -0.2) is 34.7 Å². The second-order valence-corrected chi connectivity index (χ2v) is 6.91. The van der Waals surface area contributed by atoms with Gasteiger partial charge in [-0.1, -0.05) is 0 Å². The summed E-state index contributed by atoms with van der Waals surface area (Å²) in [5, 5.41) is 13.6. The zero-order valence-electron chi connectivity index (χ0n) is 15.0. The van der Waals surface area contributed by atoms with E-state index in [1.807, 2.05) is 29.1 Å². The summed E-state index contributed by atoms with van der Waals surface area (Å²) in [4.78, 5) is 24.2. The predicted octanol–water partition coefficient (Wildman–Crippen LogP) is 2.76. The van der Waals surface area contributed by atoms with Crippen LogP contribution in [0.1, 0.15) is 47.8 Å². The molecule has 2 aliphatic rings. The number of carbonyl (C=O) groups is 2. The van der Waals surface area contributed by atoms with Gasteiger partial charge in [-0.3, -0.25) is 14.3 Å². The van der Waals surface area contributed by atoms with Crippen LogP contribution in [0.5, 0.6) is 0 Å². The number of nitrogens with one attached hydrogen (secondary N) is 3. The average Bonchev–Trinajstić information content (AvgIpc) is 3.07. The highest BCUT2D eigenvalue weighted by Gasteiger charge is 2.18. The van der Waals surface area contributed by atoms with E-state index in [1.165, 1.54) is 0 Å². The molecule has 1 atom stereocenters. The minimum Gasteiger partial charge on any atom is -0.326 e. The van der Waals surface area contributed by atoms with E-state index >= 15 is 0 Å². The Morgan fingerprint density at radius 3 is 2.93 bits per heavy atom. The lowest BCUT2D eigenvalue weighted by molar-refractivity contribution is -0.116. The summed E-state index contributed by atoms with van der Waals surface area (Å²) in [6.45, 7) is 1.93. The molecule has 0 saturated carbocycles. The number of nitrogens with zero attached hydrogens (tertiary/aromatic N) is 2. The van der Waals surface area contributed by atoms with E-state index in [1.54, 1.807) is 6.07 Å². The van der Waals surface area contributed by atoms with E-state index in [2.05, 4.69) is 21.0 Å². The number of fused-ring (bicyclic) bond motifs is 1. The number of benzene rings is 1. The van der Waals surface area contributed by atoms with Gasteiger partial charge in [-0.05, 0) is 62.1 Å². The number of aromatic nitrogens is 2. The van der Waals surface area contributed by atoms with Crippen molar-refractivity contribution in [3.05, 3.63) is 41.7 Å². The van der Waals surface area contributed by atoms with E-state index in [0.29, 0.717) is 18.2 Å². The first-order valence-electron chi connectivity index (χ1n) is 9.19. The van der Waals surface area contributed by atoms with E-state index in [9.17, 15) is 9.59 Å². The highest BCUT2D eigenvalue weighted by molar-refractivity contribution is 6.03. The third-order valence-electron chi connectivity index (χ3n) is 4.97. The predicted molar refractivity (Wildman–Crippen MR) is 107 cm³/mol. The van der Waals surface area contributed by atoms with Crippen molar-refractivity contribution < 1.29 is 9.59 Å². The molecule has 0 bridgehead atoms. The molecule has 1 aromatic carbocycles. The smallest absolute Gasteiger partial charge is 0.276 e. The number of anilines is 2. The normalized spacial score (nSPS) is 19.3. The molecule has 8 heteroatoms. The standard InChI is InChI=1S/C19H23N5O2.ClH/c25-18-5-1-3-13-11-14(6-7-16(13)22-18)21-19(26)17-8-10-24(23-17)15-4-2-9-20-12-15;/h6-8,10-11,15,20H,1-5,9,12H2,(H,21,26)(H,22,25);1H. The summed E-state index contributed by atoms with van der Waals surface area (Å²) in [5.74, 6) is -0.173. The van der Waals surface area contributed by atoms with Crippen molar-refractivity contribution in [3.63, 3.8) is 0 Å². The van der Waals surface area contributed by atoms with Gasteiger partial charge in [-0.25, -0.2) is 0 Å². The molecule has 27 heavy (non-hydrogen) atoms. The molecule has 0 radical (unpaired) electrons. The molecule has 4 rings (SSSR count). The third kappa shape index (κ3) is 4.48. The van der Waals surface area contributed by atoms with Crippen molar-refractivity contribution >= 4 is 35.6 Å². The number of aryl methyl sites for hydroxylation is 1. The average molecular weight is 390 g/mol. The van der Waals surface area contributed by atoms with E-state index < -0.39 is 0 Å². The van der Waals surface area contributed by atoms with Crippen molar-refractivity contribution in [2.75, 3.05) is 23.7 Å². The van der Waals surface area contributed by atoms with Gasteiger partial charge in [0.1, 0.15) is 0 Å². The van der Waals surface area contributed by atoms with Gasteiger partial charge in [0, 0.05) is 30.5 Å². The molecule has 0 aliphatic carbocycles. The number of hydrogen-bond acceptors (Lipinski definition) is 4. The summed E-state index contributed by atoms with van der Waals surface area (Å²) < 4.78 is 1.88. The first-order valence-corrected chi connectivity index (χ1v) is 9.19. The first kappa shape index (κ1) is 19.4. The molecule has 3 N–H and O–H groups in total. The van der Waals surface area contributed by atoms with Crippen LogP contribution < -0.4 is 16.0 Å². The summed E-state index contributed by atoms with van der Waals surface area (Å²) >= 11 is 0. The number of piperidine rings is 1. The first-order chi connectivity index (χ1) is 12.7. The molecule has 2 aromatic rings. The van der Waals surface area contributed by atoms with Crippen LogP contribution in [0.15, 0.2) is 30.5 Å². The minimum atomic E-state index is -0.217. The summed E-state index contributed by atoms with van der Waals surface area (Å²) in [6, 6.07) is 7.65. The third-order valence-corrected chi connectivity index (χ3v) is 4.97. The topological polar surface area (TPSA) is 88.1 Å². The van der Waals surface area contributed by atoms with Crippen LogP contribution in [0.25, 0.3) is 0 Å². The van der Waals surface area contributed by atoms with E-state index in [0.717, 1.165) is 55.7 Å². The fraction of sp³-hybridized carbons (Fsp3) is 0.421. The lowest BCUT2D eigenvalue weighted by atomic mass is 10.1. The zero-order valence-corrected chi connectivity index (χ0v) is 15.8. The van der Waals surface area contributed by atoms with Crippen molar-refractivity contribution in [1.82, 2.24) is 15.1 Å². The van der Waals surface area contributed by atoms with Gasteiger partial charge in [0.25, 0.3) is 5.91 Å². The summed E-state index contributed by atoms with van der Waals surface area (Å²) in [7, 11) is 0. The number of hydrogen-bond donors (Lipinski definition) is 3. The number of halogens is 1. The fourth-order valence-electron chi connectivity index (χ4n) is 3.57.